The van der Waals surface area contributed by atoms with Crippen molar-refractivity contribution in [3.05, 3.63) is 89.5 Å². The lowest BCUT2D eigenvalue weighted by molar-refractivity contribution is 0.213. The number of nitrogens with one attached hydrogen (secondary N) is 1. The summed E-state index contributed by atoms with van der Waals surface area (Å²) in [5.41, 5.74) is 3.55. The lowest BCUT2D eigenvalue weighted by atomic mass is 9.86. The number of hydrogen-bond donors (Lipinski definition) is 1. The van der Waals surface area contributed by atoms with Crippen LogP contribution in [0, 0.1) is 17.2 Å². The molecule has 168 valence electrons. The van der Waals surface area contributed by atoms with E-state index in [4.69, 9.17) is 4.74 Å². The summed E-state index contributed by atoms with van der Waals surface area (Å²) in [6.45, 7) is 3.59. The second-order valence-corrected chi connectivity index (χ2v) is 10.3. The molecule has 0 saturated carbocycles. The van der Waals surface area contributed by atoms with Gasteiger partial charge in [-0.2, -0.15) is 5.26 Å². The molecule has 0 aromatic heterocycles. The average molecular weight is 460 g/mol. The molecule has 6 nitrogen and oxygen atoms in total. The minimum Gasteiger partial charge on any atom is -0.493 e. The third-order valence-electron chi connectivity index (χ3n) is 6.48. The summed E-state index contributed by atoms with van der Waals surface area (Å²) in [4.78, 5) is 2.70. The van der Waals surface area contributed by atoms with Crippen molar-refractivity contribution in [2.75, 3.05) is 31.0 Å². The summed E-state index contributed by atoms with van der Waals surface area (Å²) < 4.78 is 33.6. The van der Waals surface area contributed by atoms with Crippen LogP contribution in [-0.4, -0.2) is 39.6 Å². The van der Waals surface area contributed by atoms with Crippen LogP contribution in [0.5, 0.6) is 5.75 Å². The maximum absolute atomic E-state index is 12.5. The Bertz CT molecular complexity index is 1280. The highest BCUT2D eigenvalue weighted by molar-refractivity contribution is 7.92. The van der Waals surface area contributed by atoms with Gasteiger partial charge in [-0.1, -0.05) is 30.3 Å². The molecular weight excluding hydrogens is 434 g/mol. The molecule has 3 aromatic rings. The van der Waals surface area contributed by atoms with E-state index in [1.54, 1.807) is 30.3 Å². The lowest BCUT2D eigenvalue weighted by Gasteiger charge is -2.27. The van der Waals surface area contributed by atoms with Gasteiger partial charge in [0.1, 0.15) is 5.75 Å². The highest BCUT2D eigenvalue weighted by atomic mass is 32.2. The quantitative estimate of drug-likeness (QED) is 0.602. The number of likely N-dealkylation sites (tertiary alicyclic amines) is 1. The Labute approximate surface area is 194 Å². The van der Waals surface area contributed by atoms with E-state index in [-0.39, 0.29) is 4.90 Å². The molecule has 0 spiro atoms. The van der Waals surface area contributed by atoms with E-state index in [2.05, 4.69) is 15.7 Å². The second-order valence-electron chi connectivity index (χ2n) is 8.67. The maximum atomic E-state index is 12.5. The van der Waals surface area contributed by atoms with Gasteiger partial charge in [0, 0.05) is 42.7 Å². The van der Waals surface area contributed by atoms with Gasteiger partial charge in [-0.15, -0.1) is 0 Å². The number of nitriles is 1. The Kier molecular flexibility index (Phi) is 5.79. The maximum Gasteiger partial charge on any atom is 0.261 e. The van der Waals surface area contributed by atoms with Crippen LogP contribution in [0.3, 0.4) is 0 Å². The number of fused-ring (bicyclic) bond motifs is 3. The summed E-state index contributed by atoms with van der Waals surface area (Å²) in [6.07, 6.45) is 0.886. The molecule has 3 aromatic carbocycles. The van der Waals surface area contributed by atoms with Gasteiger partial charge in [0.25, 0.3) is 10.0 Å². The second kappa shape index (κ2) is 8.89. The number of rotatable bonds is 6. The van der Waals surface area contributed by atoms with E-state index in [1.807, 2.05) is 42.5 Å². The predicted octanol–water partition coefficient (Wildman–Crippen LogP) is 4.01. The monoisotopic (exact) mass is 459 g/mol. The van der Waals surface area contributed by atoms with Gasteiger partial charge in [-0.05, 0) is 54.4 Å². The van der Waals surface area contributed by atoms with Crippen molar-refractivity contribution < 1.29 is 13.2 Å². The minimum atomic E-state index is -3.58. The average Bonchev–Trinajstić information content (AvgIpc) is 3.27. The molecule has 0 bridgehead atoms. The Morgan fingerprint density at radius 2 is 1.82 bits per heavy atom. The molecule has 0 amide bonds. The largest absolute Gasteiger partial charge is 0.493 e. The predicted molar refractivity (Wildman–Crippen MR) is 127 cm³/mol. The third kappa shape index (κ3) is 4.58. The number of ether oxygens (including phenoxy) is 1. The van der Waals surface area contributed by atoms with Gasteiger partial charge in [0.2, 0.25) is 0 Å². The van der Waals surface area contributed by atoms with Crippen LogP contribution in [0.1, 0.15) is 22.6 Å². The zero-order valence-electron chi connectivity index (χ0n) is 18.1. The van der Waals surface area contributed by atoms with Gasteiger partial charge in [0.05, 0.1) is 23.1 Å². The summed E-state index contributed by atoms with van der Waals surface area (Å²) in [5, 5.41) is 9.24. The molecule has 2 aliphatic heterocycles. The molecule has 5 rings (SSSR count). The minimum absolute atomic E-state index is 0.247. The molecule has 2 heterocycles. The van der Waals surface area contributed by atoms with Gasteiger partial charge < -0.3 is 9.64 Å². The Morgan fingerprint density at radius 3 is 2.58 bits per heavy atom. The molecule has 0 unspecified atom stereocenters. The van der Waals surface area contributed by atoms with Crippen molar-refractivity contribution in [3.8, 4) is 11.8 Å². The first-order valence-electron chi connectivity index (χ1n) is 11.1. The van der Waals surface area contributed by atoms with Crippen molar-refractivity contribution in [1.29, 1.82) is 5.26 Å². The summed E-state index contributed by atoms with van der Waals surface area (Å²) >= 11 is 0. The molecule has 33 heavy (non-hydrogen) atoms. The van der Waals surface area contributed by atoms with E-state index in [1.165, 1.54) is 0 Å². The van der Waals surface area contributed by atoms with Crippen LogP contribution in [-0.2, 0) is 16.4 Å². The highest BCUT2D eigenvalue weighted by Gasteiger charge is 2.38. The number of hydrogen-bond acceptors (Lipinski definition) is 5. The molecule has 2 aliphatic rings. The standard InChI is InChI=1S/C26H25N3O3S/c27-15-20-8-11-26-24(14-20)25-17-29(16-21(25)18-32-26)13-12-19-6-9-22(10-7-19)28-33(30,31)23-4-2-1-3-5-23/h1-11,14,21,25,28H,12-13,16-18H2/t21-,25+/m1/s1. The molecule has 7 heteroatoms. The van der Waals surface area contributed by atoms with Crippen LogP contribution in [0.15, 0.2) is 77.7 Å². The van der Waals surface area contributed by atoms with Crippen LogP contribution < -0.4 is 9.46 Å². The first kappa shape index (κ1) is 21.5. The van der Waals surface area contributed by atoms with Gasteiger partial charge >= 0.3 is 0 Å². The van der Waals surface area contributed by atoms with E-state index in [0.717, 1.165) is 49.5 Å². The van der Waals surface area contributed by atoms with Gasteiger partial charge in [-0.3, -0.25) is 4.72 Å². The van der Waals surface area contributed by atoms with Crippen molar-refractivity contribution in [2.24, 2.45) is 5.92 Å². The number of anilines is 1. The topological polar surface area (TPSA) is 82.4 Å². The van der Waals surface area contributed by atoms with Crippen molar-refractivity contribution in [3.63, 3.8) is 0 Å². The van der Waals surface area contributed by atoms with Crippen molar-refractivity contribution >= 4 is 15.7 Å². The Hall–Kier alpha value is -3.34. The molecule has 1 N–H and O–H groups in total. The van der Waals surface area contributed by atoms with E-state index >= 15 is 0 Å². The fraction of sp³-hybridized carbons (Fsp3) is 0.269. The molecule has 1 fully saturated rings. The van der Waals surface area contributed by atoms with E-state index in [0.29, 0.717) is 23.1 Å². The Morgan fingerprint density at radius 1 is 1.03 bits per heavy atom. The molecule has 0 aliphatic carbocycles. The van der Waals surface area contributed by atoms with Crippen LogP contribution in [0.2, 0.25) is 0 Å². The highest BCUT2D eigenvalue weighted by Crippen LogP contribution is 2.41. The first-order chi connectivity index (χ1) is 16.0. The van der Waals surface area contributed by atoms with Crippen molar-refractivity contribution in [2.45, 2.75) is 17.2 Å². The van der Waals surface area contributed by atoms with Crippen LogP contribution in [0.25, 0.3) is 0 Å². The third-order valence-corrected chi connectivity index (χ3v) is 7.88. The SMILES string of the molecule is N#Cc1ccc2c(c1)[C@H]1CN(CCc3ccc(NS(=O)(=O)c4ccccc4)cc3)C[C@@H]1CO2. The van der Waals surface area contributed by atoms with E-state index < -0.39 is 10.0 Å². The van der Waals surface area contributed by atoms with Crippen LogP contribution >= 0.6 is 0 Å². The fourth-order valence-corrected chi connectivity index (χ4v) is 5.82. The van der Waals surface area contributed by atoms with Crippen molar-refractivity contribution in [1.82, 2.24) is 4.90 Å². The first-order valence-corrected chi connectivity index (χ1v) is 12.6. The molecule has 1 saturated heterocycles. The molecule has 0 radical (unpaired) electrons. The zero-order chi connectivity index (χ0) is 22.8. The number of nitrogens with zero attached hydrogens (tertiary/aromatic N) is 2. The normalized spacial score (nSPS) is 19.7. The summed E-state index contributed by atoms with van der Waals surface area (Å²) in [5.74, 6) is 1.75. The van der Waals surface area contributed by atoms with Gasteiger partial charge in [0.15, 0.2) is 0 Å². The van der Waals surface area contributed by atoms with Crippen LogP contribution in [0.4, 0.5) is 5.69 Å². The summed E-state index contributed by atoms with van der Waals surface area (Å²) in [7, 11) is -3.58. The number of benzene rings is 3. The molecule has 2 atom stereocenters. The molecular formula is C26H25N3O3S. The number of sulfonamides is 1. The smallest absolute Gasteiger partial charge is 0.261 e. The fourth-order valence-electron chi connectivity index (χ4n) is 4.74. The van der Waals surface area contributed by atoms with E-state index in [9.17, 15) is 13.7 Å². The van der Waals surface area contributed by atoms with Gasteiger partial charge in [-0.25, -0.2) is 8.42 Å². The lowest BCUT2D eigenvalue weighted by Crippen LogP contribution is -2.25. The Balaban J connectivity index is 1.19. The zero-order valence-corrected chi connectivity index (χ0v) is 19.0. The summed E-state index contributed by atoms with van der Waals surface area (Å²) in [6, 6.07) is 23.9.